The first-order valence-corrected chi connectivity index (χ1v) is 6.29. The topological polar surface area (TPSA) is 17.1 Å². The predicted molar refractivity (Wildman–Crippen MR) is 74.0 cm³/mol. The summed E-state index contributed by atoms with van der Waals surface area (Å²) >= 11 is 7.93. The summed E-state index contributed by atoms with van der Waals surface area (Å²) in [6, 6.07) is 10.6. The molecule has 0 spiro atoms. The van der Waals surface area contributed by atoms with Crippen molar-refractivity contribution in [1.29, 1.82) is 0 Å². The predicted octanol–water partition coefficient (Wildman–Crippen LogP) is 4.31. The van der Waals surface area contributed by atoms with Crippen LogP contribution in [0.4, 0.5) is 4.39 Å². The summed E-state index contributed by atoms with van der Waals surface area (Å²) < 4.78 is 13.6. The van der Waals surface area contributed by atoms with Crippen LogP contribution in [-0.2, 0) is 0 Å². The summed E-state index contributed by atoms with van der Waals surface area (Å²) in [5.41, 5.74) is 0.983. The van der Waals surface area contributed by atoms with Crippen LogP contribution in [0.3, 0.4) is 0 Å². The van der Waals surface area contributed by atoms with E-state index in [1.165, 1.54) is 24.3 Å². The molecule has 0 N–H and O–H groups in total. The molecule has 86 valence electrons. The van der Waals surface area contributed by atoms with Crippen LogP contribution in [0, 0.1) is 9.39 Å². The highest BCUT2D eigenvalue weighted by Crippen LogP contribution is 2.21. The monoisotopic (exact) mass is 360 g/mol. The lowest BCUT2D eigenvalue weighted by atomic mass is 10.0. The molecule has 4 heteroatoms. The third kappa shape index (κ3) is 2.84. The van der Waals surface area contributed by atoms with Crippen molar-refractivity contribution in [3.63, 3.8) is 0 Å². The van der Waals surface area contributed by atoms with Crippen molar-refractivity contribution in [1.82, 2.24) is 0 Å². The molecule has 2 aromatic rings. The van der Waals surface area contributed by atoms with Gasteiger partial charge in [0.05, 0.1) is 0 Å². The minimum Gasteiger partial charge on any atom is -0.289 e. The zero-order valence-corrected chi connectivity index (χ0v) is 11.5. The molecular weight excluding hydrogens is 353 g/mol. The SMILES string of the molecule is O=C(c1ccc(F)cc1)c1cc(Cl)ccc1I. The van der Waals surface area contributed by atoms with E-state index in [1.54, 1.807) is 18.2 Å². The molecule has 0 bridgehead atoms. The van der Waals surface area contributed by atoms with Crippen LogP contribution in [-0.4, -0.2) is 5.78 Å². The summed E-state index contributed by atoms with van der Waals surface area (Å²) in [5, 5.41) is 0.510. The second-order valence-electron chi connectivity index (χ2n) is 3.46. The van der Waals surface area contributed by atoms with Crippen LogP contribution in [0.1, 0.15) is 15.9 Å². The van der Waals surface area contributed by atoms with Gasteiger partial charge in [0.2, 0.25) is 0 Å². The lowest BCUT2D eigenvalue weighted by molar-refractivity contribution is 0.103. The quantitative estimate of drug-likeness (QED) is 0.576. The van der Waals surface area contributed by atoms with E-state index in [0.29, 0.717) is 16.1 Å². The standard InChI is InChI=1S/C13H7ClFIO/c14-9-3-6-12(16)11(7-9)13(17)8-1-4-10(15)5-2-8/h1-7H. The van der Waals surface area contributed by atoms with Gasteiger partial charge in [-0.2, -0.15) is 0 Å². The van der Waals surface area contributed by atoms with E-state index in [-0.39, 0.29) is 11.6 Å². The molecule has 1 nitrogen and oxygen atoms in total. The molecule has 0 fully saturated rings. The molecule has 0 unspecified atom stereocenters. The van der Waals surface area contributed by atoms with Crippen molar-refractivity contribution in [3.05, 3.63) is 68.0 Å². The molecule has 0 aliphatic carbocycles. The number of hydrogen-bond donors (Lipinski definition) is 0. The molecule has 0 aliphatic heterocycles. The second kappa shape index (κ2) is 5.14. The zero-order valence-electron chi connectivity index (χ0n) is 8.58. The van der Waals surface area contributed by atoms with Crippen LogP contribution < -0.4 is 0 Å². The van der Waals surface area contributed by atoms with Gasteiger partial charge in [0.25, 0.3) is 0 Å². The maximum atomic E-state index is 12.8. The summed E-state index contributed by atoms with van der Waals surface area (Å²) in [7, 11) is 0. The summed E-state index contributed by atoms with van der Waals surface area (Å²) in [6.45, 7) is 0. The van der Waals surface area contributed by atoms with Crippen molar-refractivity contribution < 1.29 is 9.18 Å². The van der Waals surface area contributed by atoms with Crippen molar-refractivity contribution in [2.24, 2.45) is 0 Å². The maximum Gasteiger partial charge on any atom is 0.194 e. The Bertz CT molecular complexity index is 566. The van der Waals surface area contributed by atoms with Gasteiger partial charge in [-0.15, -0.1) is 0 Å². The number of carbonyl (C=O) groups excluding carboxylic acids is 1. The fraction of sp³-hybridized carbons (Fsp3) is 0. The average molecular weight is 361 g/mol. The van der Waals surface area contributed by atoms with Gasteiger partial charge in [-0.05, 0) is 65.1 Å². The highest BCUT2D eigenvalue weighted by molar-refractivity contribution is 14.1. The average Bonchev–Trinajstić information content (AvgIpc) is 2.32. The van der Waals surface area contributed by atoms with E-state index >= 15 is 0 Å². The second-order valence-corrected chi connectivity index (χ2v) is 5.06. The van der Waals surface area contributed by atoms with Crippen LogP contribution in [0.5, 0.6) is 0 Å². The Kier molecular flexibility index (Phi) is 3.79. The van der Waals surface area contributed by atoms with Gasteiger partial charge in [0.15, 0.2) is 5.78 Å². The molecule has 0 radical (unpaired) electrons. The largest absolute Gasteiger partial charge is 0.289 e. The van der Waals surface area contributed by atoms with Gasteiger partial charge < -0.3 is 0 Å². The molecule has 0 amide bonds. The van der Waals surface area contributed by atoms with Crippen LogP contribution in [0.2, 0.25) is 5.02 Å². The molecule has 0 saturated carbocycles. The Morgan fingerprint density at radius 2 is 1.76 bits per heavy atom. The Labute approximate surface area is 117 Å². The number of ketones is 1. The smallest absolute Gasteiger partial charge is 0.194 e. The minimum absolute atomic E-state index is 0.156. The third-order valence-electron chi connectivity index (χ3n) is 2.28. The van der Waals surface area contributed by atoms with Gasteiger partial charge >= 0.3 is 0 Å². The molecule has 0 aliphatic rings. The number of benzene rings is 2. The summed E-state index contributed by atoms with van der Waals surface area (Å²) in [6.07, 6.45) is 0. The summed E-state index contributed by atoms with van der Waals surface area (Å²) in [5.74, 6) is -0.515. The fourth-order valence-corrected chi connectivity index (χ4v) is 2.18. The third-order valence-corrected chi connectivity index (χ3v) is 3.46. The normalized spacial score (nSPS) is 10.3. The lowest BCUT2D eigenvalue weighted by Crippen LogP contribution is -2.03. The first-order chi connectivity index (χ1) is 8.08. The molecule has 0 heterocycles. The lowest BCUT2D eigenvalue weighted by Gasteiger charge is -2.04. The van der Waals surface area contributed by atoms with Gasteiger partial charge in [0, 0.05) is 19.7 Å². The Hall–Kier alpha value is -0.940. The Balaban J connectivity index is 2.43. The Morgan fingerprint density at radius 1 is 1.12 bits per heavy atom. The van der Waals surface area contributed by atoms with Crippen LogP contribution in [0.15, 0.2) is 42.5 Å². The number of halogens is 3. The van der Waals surface area contributed by atoms with Crippen molar-refractivity contribution in [2.75, 3.05) is 0 Å². The van der Waals surface area contributed by atoms with E-state index in [4.69, 9.17) is 11.6 Å². The maximum absolute atomic E-state index is 12.8. The molecule has 2 aromatic carbocycles. The van der Waals surface area contributed by atoms with Gasteiger partial charge in [0.1, 0.15) is 5.82 Å². The zero-order chi connectivity index (χ0) is 12.4. The van der Waals surface area contributed by atoms with E-state index in [1.807, 2.05) is 0 Å². The van der Waals surface area contributed by atoms with E-state index in [0.717, 1.165) is 3.57 Å². The molecular formula is C13H7ClFIO. The van der Waals surface area contributed by atoms with E-state index in [9.17, 15) is 9.18 Å². The highest BCUT2D eigenvalue weighted by Gasteiger charge is 2.12. The van der Waals surface area contributed by atoms with Crippen molar-refractivity contribution in [3.8, 4) is 0 Å². The molecule has 2 rings (SSSR count). The number of hydrogen-bond acceptors (Lipinski definition) is 1. The van der Waals surface area contributed by atoms with Crippen molar-refractivity contribution >= 4 is 40.0 Å². The summed E-state index contributed by atoms with van der Waals surface area (Å²) in [4.78, 5) is 12.1. The van der Waals surface area contributed by atoms with Crippen LogP contribution in [0.25, 0.3) is 0 Å². The van der Waals surface area contributed by atoms with Gasteiger partial charge in [-0.25, -0.2) is 4.39 Å². The van der Waals surface area contributed by atoms with E-state index in [2.05, 4.69) is 22.6 Å². The van der Waals surface area contributed by atoms with Gasteiger partial charge in [-0.1, -0.05) is 11.6 Å². The first kappa shape index (κ1) is 12.5. The molecule has 0 aromatic heterocycles. The Morgan fingerprint density at radius 3 is 2.41 bits per heavy atom. The number of carbonyl (C=O) groups is 1. The fourth-order valence-electron chi connectivity index (χ4n) is 1.43. The van der Waals surface area contributed by atoms with Gasteiger partial charge in [-0.3, -0.25) is 4.79 Å². The number of rotatable bonds is 2. The van der Waals surface area contributed by atoms with Crippen molar-refractivity contribution in [2.45, 2.75) is 0 Å². The molecule has 17 heavy (non-hydrogen) atoms. The molecule has 0 atom stereocenters. The van der Waals surface area contributed by atoms with Crippen LogP contribution >= 0.6 is 34.2 Å². The highest BCUT2D eigenvalue weighted by atomic mass is 127. The minimum atomic E-state index is -0.359. The molecule has 0 saturated heterocycles. The first-order valence-electron chi connectivity index (χ1n) is 4.83. The van der Waals surface area contributed by atoms with E-state index < -0.39 is 0 Å².